The number of carbonyl (C=O) groups excluding carboxylic acids is 2. The van der Waals surface area contributed by atoms with Gasteiger partial charge in [0.15, 0.2) is 6.10 Å². The fourth-order valence-electron chi connectivity index (χ4n) is 5.93. The second-order valence-corrected chi connectivity index (χ2v) is 14.1. The van der Waals surface area contributed by atoms with E-state index in [1.54, 1.807) is 0 Å². The highest BCUT2D eigenvalue weighted by Gasteiger charge is 2.16. The minimum absolute atomic E-state index is 0.0699. The molecule has 0 aliphatic rings. The van der Waals surface area contributed by atoms with Gasteiger partial charge in [-0.25, -0.2) is 0 Å². The van der Waals surface area contributed by atoms with Gasteiger partial charge in [0.1, 0.15) is 6.61 Å². The lowest BCUT2D eigenvalue weighted by Crippen LogP contribution is -2.28. The Bertz CT molecular complexity index is 786. The van der Waals surface area contributed by atoms with Crippen LogP contribution in [-0.4, -0.2) is 36.4 Å². The van der Waals surface area contributed by atoms with Crippen LogP contribution in [0, 0.1) is 0 Å². The molecular weight excluding hydrogens is 608 g/mol. The highest BCUT2D eigenvalue weighted by atomic mass is 16.6. The first-order valence-electron chi connectivity index (χ1n) is 21.0. The Morgan fingerprint density at radius 1 is 0.469 bits per heavy atom. The van der Waals surface area contributed by atoms with Crippen molar-refractivity contribution < 1.29 is 24.2 Å². The number of hydrogen-bond acceptors (Lipinski definition) is 5. The summed E-state index contributed by atoms with van der Waals surface area (Å²) in [5.74, 6) is -0.601. The van der Waals surface area contributed by atoms with Crippen molar-refractivity contribution in [2.45, 2.75) is 219 Å². The Balaban J connectivity index is 3.56. The molecule has 1 unspecified atom stereocenters. The van der Waals surface area contributed by atoms with Gasteiger partial charge in [0.25, 0.3) is 0 Å². The molecule has 286 valence electrons. The maximum atomic E-state index is 12.2. The largest absolute Gasteiger partial charge is 0.462 e. The third kappa shape index (κ3) is 38.8. The van der Waals surface area contributed by atoms with Gasteiger partial charge in [-0.3, -0.25) is 9.59 Å². The molecule has 1 N–H and O–H groups in total. The van der Waals surface area contributed by atoms with Crippen LogP contribution in [0.3, 0.4) is 0 Å². The first-order chi connectivity index (χ1) is 24.1. The Kier molecular flexibility index (Phi) is 39.0. The van der Waals surface area contributed by atoms with Crippen molar-refractivity contribution >= 4 is 11.9 Å². The molecule has 0 amide bonds. The lowest BCUT2D eigenvalue weighted by molar-refractivity contribution is -0.161. The number of aliphatic hydroxyl groups is 1. The average molecular weight is 689 g/mol. The molecule has 49 heavy (non-hydrogen) atoms. The minimum atomic E-state index is -0.775. The van der Waals surface area contributed by atoms with Gasteiger partial charge in [0.05, 0.1) is 6.61 Å². The lowest BCUT2D eigenvalue weighted by atomic mass is 10.1. The highest BCUT2D eigenvalue weighted by molar-refractivity contribution is 5.70. The van der Waals surface area contributed by atoms with E-state index >= 15 is 0 Å². The van der Waals surface area contributed by atoms with Crippen molar-refractivity contribution in [2.75, 3.05) is 13.2 Å². The van der Waals surface area contributed by atoms with Crippen molar-refractivity contribution in [3.05, 3.63) is 36.5 Å². The monoisotopic (exact) mass is 689 g/mol. The smallest absolute Gasteiger partial charge is 0.306 e. The van der Waals surface area contributed by atoms with Crippen LogP contribution in [0.2, 0.25) is 0 Å². The lowest BCUT2D eigenvalue weighted by Gasteiger charge is -2.15. The summed E-state index contributed by atoms with van der Waals surface area (Å²) in [6, 6.07) is 0. The summed E-state index contributed by atoms with van der Waals surface area (Å²) in [6.45, 7) is 4.11. The number of rotatable bonds is 38. The zero-order valence-corrected chi connectivity index (χ0v) is 32.5. The summed E-state index contributed by atoms with van der Waals surface area (Å²) in [4.78, 5) is 24.3. The van der Waals surface area contributed by atoms with Crippen LogP contribution in [0.25, 0.3) is 0 Å². The molecule has 0 aliphatic carbocycles. The van der Waals surface area contributed by atoms with Gasteiger partial charge in [-0.1, -0.05) is 166 Å². The van der Waals surface area contributed by atoms with Crippen molar-refractivity contribution in [1.82, 2.24) is 0 Å². The van der Waals surface area contributed by atoms with Crippen LogP contribution in [0.4, 0.5) is 0 Å². The molecule has 0 aromatic heterocycles. The van der Waals surface area contributed by atoms with Gasteiger partial charge < -0.3 is 14.6 Å². The zero-order chi connectivity index (χ0) is 35.7. The molecule has 0 saturated carbocycles. The van der Waals surface area contributed by atoms with E-state index in [2.05, 4.69) is 50.3 Å². The van der Waals surface area contributed by atoms with Gasteiger partial charge in [-0.05, 0) is 70.6 Å². The topological polar surface area (TPSA) is 72.8 Å². The summed E-state index contributed by atoms with van der Waals surface area (Å²) >= 11 is 0. The van der Waals surface area contributed by atoms with Gasteiger partial charge in [0, 0.05) is 12.8 Å². The highest BCUT2D eigenvalue weighted by Crippen LogP contribution is 2.13. The van der Waals surface area contributed by atoms with E-state index in [-0.39, 0.29) is 25.2 Å². The third-order valence-corrected chi connectivity index (χ3v) is 9.16. The van der Waals surface area contributed by atoms with E-state index in [1.165, 1.54) is 135 Å². The number of ether oxygens (including phenoxy) is 2. The number of aliphatic hydroxyl groups excluding tert-OH is 1. The third-order valence-electron chi connectivity index (χ3n) is 9.16. The Morgan fingerprint density at radius 2 is 0.816 bits per heavy atom. The Morgan fingerprint density at radius 3 is 1.24 bits per heavy atom. The zero-order valence-electron chi connectivity index (χ0n) is 32.5. The van der Waals surface area contributed by atoms with E-state index in [9.17, 15) is 14.7 Å². The normalized spacial score (nSPS) is 12.5. The minimum Gasteiger partial charge on any atom is -0.462 e. The molecule has 5 heteroatoms. The predicted octanol–water partition coefficient (Wildman–Crippen LogP) is 13.2. The average Bonchev–Trinajstić information content (AvgIpc) is 3.10. The maximum absolute atomic E-state index is 12.2. The first kappa shape index (κ1) is 47.1. The first-order valence-corrected chi connectivity index (χ1v) is 21.0. The van der Waals surface area contributed by atoms with E-state index in [1.807, 2.05) is 0 Å². The summed E-state index contributed by atoms with van der Waals surface area (Å²) < 4.78 is 10.6. The molecule has 0 bridgehead atoms. The maximum Gasteiger partial charge on any atom is 0.306 e. The molecule has 0 saturated heterocycles. The van der Waals surface area contributed by atoms with Crippen LogP contribution in [0.5, 0.6) is 0 Å². The van der Waals surface area contributed by atoms with Crippen LogP contribution in [0.1, 0.15) is 213 Å². The van der Waals surface area contributed by atoms with Gasteiger partial charge >= 0.3 is 11.9 Å². The van der Waals surface area contributed by atoms with Crippen LogP contribution in [-0.2, 0) is 19.1 Å². The molecule has 0 radical (unpaired) electrons. The molecule has 1 atom stereocenters. The Labute approximate surface area is 304 Å². The molecule has 0 heterocycles. The number of allylic oxidation sites excluding steroid dienone is 6. The number of hydrogen-bond donors (Lipinski definition) is 1. The van der Waals surface area contributed by atoms with Crippen molar-refractivity contribution in [3.63, 3.8) is 0 Å². The van der Waals surface area contributed by atoms with E-state index in [0.29, 0.717) is 12.8 Å². The van der Waals surface area contributed by atoms with Crippen LogP contribution < -0.4 is 0 Å². The van der Waals surface area contributed by atoms with Crippen LogP contribution in [0.15, 0.2) is 36.5 Å². The van der Waals surface area contributed by atoms with Crippen molar-refractivity contribution in [2.24, 2.45) is 0 Å². The van der Waals surface area contributed by atoms with Gasteiger partial charge in [-0.2, -0.15) is 0 Å². The molecule has 0 spiro atoms. The van der Waals surface area contributed by atoms with E-state index < -0.39 is 6.10 Å². The molecular formula is C44H80O5. The fourth-order valence-corrected chi connectivity index (χ4v) is 5.93. The molecule has 0 rings (SSSR count). The summed E-state index contributed by atoms with van der Waals surface area (Å²) in [5, 5.41) is 9.57. The second kappa shape index (κ2) is 40.5. The molecule has 0 aromatic carbocycles. The molecule has 0 aliphatic heterocycles. The number of unbranched alkanes of at least 4 members (excludes halogenated alkanes) is 24. The number of carbonyl (C=O) groups is 2. The number of esters is 2. The van der Waals surface area contributed by atoms with Crippen LogP contribution >= 0.6 is 0 Å². The van der Waals surface area contributed by atoms with Crippen molar-refractivity contribution in [1.29, 1.82) is 0 Å². The molecule has 0 fully saturated rings. The molecule has 0 aromatic rings. The van der Waals surface area contributed by atoms with E-state index in [0.717, 1.165) is 51.4 Å². The quantitative estimate of drug-likeness (QED) is 0.0397. The van der Waals surface area contributed by atoms with Crippen molar-refractivity contribution in [3.8, 4) is 0 Å². The van der Waals surface area contributed by atoms with Gasteiger partial charge in [0.2, 0.25) is 0 Å². The summed E-state index contributed by atoms with van der Waals surface area (Å²) in [7, 11) is 0. The van der Waals surface area contributed by atoms with Gasteiger partial charge in [-0.15, -0.1) is 0 Å². The van der Waals surface area contributed by atoms with E-state index in [4.69, 9.17) is 9.47 Å². The standard InChI is InChI=1S/C44H80O5/c1-3-5-7-9-11-13-15-17-19-21-23-25-27-29-31-33-35-37-39-44(47)49-42(40-45)41-48-43(46)38-36-34-32-30-28-26-24-22-20-18-16-14-12-10-8-6-4-2/h13,15,18-21,42,45H,3-12,14,16-17,22-41H2,1-2H3/b15-13-,20-18-,21-19-. The predicted molar refractivity (Wildman–Crippen MR) is 210 cm³/mol. The summed E-state index contributed by atoms with van der Waals surface area (Å²) in [6.07, 6.45) is 49.2. The Hall–Kier alpha value is -1.88. The molecule has 5 nitrogen and oxygen atoms in total. The fraction of sp³-hybridized carbons (Fsp3) is 0.818. The second-order valence-electron chi connectivity index (χ2n) is 14.1. The summed E-state index contributed by atoms with van der Waals surface area (Å²) in [5.41, 5.74) is 0. The SMILES string of the molecule is CCCCCC/C=C\C/C=C\CCCCCCCCCC(=O)OC(CO)COC(=O)CCCCCCCCC/C=C\CCCCCCCC.